The lowest BCUT2D eigenvalue weighted by atomic mass is 9.96. The first-order chi connectivity index (χ1) is 6.52. The summed E-state index contributed by atoms with van der Waals surface area (Å²) in [6.45, 7) is 12.2. The van der Waals surface area contributed by atoms with Crippen LogP contribution < -0.4 is 0 Å². The van der Waals surface area contributed by atoms with Gasteiger partial charge in [-0.3, -0.25) is 4.90 Å². The van der Waals surface area contributed by atoms with Crippen molar-refractivity contribution in [2.45, 2.75) is 59.7 Å². The zero-order chi connectivity index (χ0) is 11.1. The van der Waals surface area contributed by atoms with E-state index in [1.807, 2.05) is 6.92 Å². The van der Waals surface area contributed by atoms with Crippen LogP contribution in [0.15, 0.2) is 0 Å². The topological polar surface area (TPSA) is 3.24 Å². The Hall–Kier alpha value is -0.110. The summed E-state index contributed by atoms with van der Waals surface area (Å²) in [7, 11) is 0. The Morgan fingerprint density at radius 3 is 2.21 bits per heavy atom. The summed E-state index contributed by atoms with van der Waals surface area (Å²) in [5, 5.41) is 0. The number of rotatable bonds is 1. The summed E-state index contributed by atoms with van der Waals surface area (Å²) < 4.78 is 13.1. The van der Waals surface area contributed by atoms with E-state index in [0.29, 0.717) is 12.6 Å². The van der Waals surface area contributed by atoms with Gasteiger partial charge in [-0.25, -0.2) is 4.39 Å². The minimum absolute atomic E-state index is 0.269. The molecule has 1 fully saturated rings. The SMILES string of the molecule is CC1CCN(C(C)C)CC1F.CCC. The van der Waals surface area contributed by atoms with Gasteiger partial charge in [0, 0.05) is 12.6 Å². The smallest absolute Gasteiger partial charge is 0.115 e. The third kappa shape index (κ3) is 4.94. The third-order valence-electron chi connectivity index (χ3n) is 2.63. The van der Waals surface area contributed by atoms with E-state index in [9.17, 15) is 4.39 Å². The molecule has 0 aromatic heterocycles. The fraction of sp³-hybridized carbons (Fsp3) is 1.00. The van der Waals surface area contributed by atoms with Crippen LogP contribution in [-0.2, 0) is 0 Å². The van der Waals surface area contributed by atoms with Gasteiger partial charge in [0.2, 0.25) is 0 Å². The molecule has 86 valence electrons. The predicted octanol–water partition coefficient (Wildman–Crippen LogP) is 3.49. The van der Waals surface area contributed by atoms with Crippen LogP contribution >= 0.6 is 0 Å². The molecule has 2 heteroatoms. The lowest BCUT2D eigenvalue weighted by molar-refractivity contribution is 0.0730. The average molecular weight is 203 g/mol. The van der Waals surface area contributed by atoms with Gasteiger partial charge in [-0.15, -0.1) is 0 Å². The van der Waals surface area contributed by atoms with Crippen molar-refractivity contribution in [1.29, 1.82) is 0 Å². The van der Waals surface area contributed by atoms with E-state index in [1.54, 1.807) is 0 Å². The summed E-state index contributed by atoms with van der Waals surface area (Å²) in [5.41, 5.74) is 0. The van der Waals surface area contributed by atoms with Crippen molar-refractivity contribution in [2.24, 2.45) is 5.92 Å². The third-order valence-corrected chi connectivity index (χ3v) is 2.63. The van der Waals surface area contributed by atoms with Crippen LogP contribution in [0, 0.1) is 5.92 Å². The van der Waals surface area contributed by atoms with E-state index >= 15 is 0 Å². The molecule has 1 nitrogen and oxygen atoms in total. The summed E-state index contributed by atoms with van der Waals surface area (Å²) in [6, 6.07) is 0.501. The zero-order valence-electron chi connectivity index (χ0n) is 10.4. The van der Waals surface area contributed by atoms with E-state index in [-0.39, 0.29) is 5.92 Å². The quantitative estimate of drug-likeness (QED) is 0.630. The Morgan fingerprint density at radius 1 is 1.36 bits per heavy atom. The minimum atomic E-state index is -0.605. The molecule has 1 saturated heterocycles. The molecule has 0 aromatic rings. The molecule has 0 radical (unpaired) electrons. The fourth-order valence-corrected chi connectivity index (χ4v) is 1.51. The second-order valence-electron chi connectivity index (χ2n) is 4.58. The molecule has 14 heavy (non-hydrogen) atoms. The monoisotopic (exact) mass is 203 g/mol. The largest absolute Gasteiger partial charge is 0.298 e. The molecular formula is C12H26FN. The molecule has 0 amide bonds. The molecular weight excluding hydrogens is 177 g/mol. The normalized spacial score (nSPS) is 28.5. The van der Waals surface area contributed by atoms with Crippen LogP contribution in [0.25, 0.3) is 0 Å². The van der Waals surface area contributed by atoms with Gasteiger partial charge < -0.3 is 0 Å². The van der Waals surface area contributed by atoms with Gasteiger partial charge in [-0.1, -0.05) is 27.2 Å². The van der Waals surface area contributed by atoms with Crippen molar-refractivity contribution in [3.63, 3.8) is 0 Å². The first-order valence-electron chi connectivity index (χ1n) is 5.90. The number of piperidine rings is 1. The highest BCUT2D eigenvalue weighted by atomic mass is 19.1. The van der Waals surface area contributed by atoms with Gasteiger partial charge in [-0.2, -0.15) is 0 Å². The van der Waals surface area contributed by atoms with Crippen molar-refractivity contribution in [3.05, 3.63) is 0 Å². The summed E-state index contributed by atoms with van der Waals surface area (Å²) >= 11 is 0. The number of nitrogens with zero attached hydrogens (tertiary/aromatic N) is 1. The molecule has 1 aliphatic heterocycles. The van der Waals surface area contributed by atoms with E-state index in [2.05, 4.69) is 32.6 Å². The van der Waals surface area contributed by atoms with E-state index in [0.717, 1.165) is 13.0 Å². The molecule has 0 spiro atoms. The lowest BCUT2D eigenvalue weighted by Gasteiger charge is -2.35. The Labute approximate surface area is 88.7 Å². The van der Waals surface area contributed by atoms with Crippen LogP contribution in [-0.4, -0.2) is 30.2 Å². The van der Waals surface area contributed by atoms with E-state index in [4.69, 9.17) is 0 Å². The highest BCUT2D eigenvalue weighted by Crippen LogP contribution is 2.20. The van der Waals surface area contributed by atoms with Crippen LogP contribution in [0.5, 0.6) is 0 Å². The van der Waals surface area contributed by atoms with Crippen molar-refractivity contribution in [3.8, 4) is 0 Å². The molecule has 0 N–H and O–H groups in total. The highest BCUT2D eigenvalue weighted by molar-refractivity contribution is 4.79. The van der Waals surface area contributed by atoms with E-state index < -0.39 is 6.17 Å². The van der Waals surface area contributed by atoms with Crippen LogP contribution in [0.3, 0.4) is 0 Å². The Balaban J connectivity index is 0.000000500. The molecule has 2 unspecified atom stereocenters. The van der Waals surface area contributed by atoms with Gasteiger partial charge in [0.25, 0.3) is 0 Å². The summed E-state index contributed by atoms with van der Waals surface area (Å²) in [5.74, 6) is 0.269. The maximum Gasteiger partial charge on any atom is 0.115 e. The van der Waals surface area contributed by atoms with Crippen LogP contribution in [0.2, 0.25) is 0 Å². The number of likely N-dealkylation sites (tertiary alicyclic amines) is 1. The van der Waals surface area contributed by atoms with Gasteiger partial charge >= 0.3 is 0 Å². The first-order valence-corrected chi connectivity index (χ1v) is 5.90. The predicted molar refractivity (Wildman–Crippen MR) is 61.4 cm³/mol. The molecule has 0 saturated carbocycles. The maximum absolute atomic E-state index is 13.1. The number of alkyl halides is 1. The first kappa shape index (κ1) is 13.9. The summed E-state index contributed by atoms with van der Waals surface area (Å²) in [4.78, 5) is 2.21. The molecule has 2 atom stereocenters. The average Bonchev–Trinajstić information content (AvgIpc) is 2.10. The second-order valence-corrected chi connectivity index (χ2v) is 4.58. The zero-order valence-corrected chi connectivity index (χ0v) is 10.4. The van der Waals surface area contributed by atoms with Crippen molar-refractivity contribution in [1.82, 2.24) is 4.90 Å². The van der Waals surface area contributed by atoms with Gasteiger partial charge in [0.05, 0.1) is 0 Å². The molecule has 1 rings (SSSR count). The molecule has 0 bridgehead atoms. The molecule has 1 heterocycles. The van der Waals surface area contributed by atoms with Crippen molar-refractivity contribution in [2.75, 3.05) is 13.1 Å². The molecule has 0 aliphatic carbocycles. The van der Waals surface area contributed by atoms with Crippen LogP contribution in [0.4, 0.5) is 4.39 Å². The standard InChI is InChI=1S/C9H18FN.C3H8/c1-7(2)11-5-4-8(3)9(10)6-11;1-3-2/h7-9H,4-6H2,1-3H3;3H2,1-2H3. The highest BCUT2D eigenvalue weighted by Gasteiger charge is 2.26. The number of hydrogen-bond donors (Lipinski definition) is 0. The summed E-state index contributed by atoms with van der Waals surface area (Å²) in [6.07, 6.45) is 1.66. The number of hydrogen-bond acceptors (Lipinski definition) is 1. The number of halogens is 1. The fourth-order valence-electron chi connectivity index (χ4n) is 1.51. The maximum atomic E-state index is 13.1. The Morgan fingerprint density at radius 2 is 1.86 bits per heavy atom. The van der Waals surface area contributed by atoms with Crippen molar-refractivity contribution < 1.29 is 4.39 Å². The Kier molecular flexibility index (Phi) is 7.16. The van der Waals surface area contributed by atoms with Crippen molar-refractivity contribution >= 4 is 0 Å². The van der Waals surface area contributed by atoms with Crippen LogP contribution in [0.1, 0.15) is 47.5 Å². The second kappa shape index (κ2) is 7.22. The van der Waals surface area contributed by atoms with Gasteiger partial charge in [-0.05, 0) is 32.7 Å². The minimum Gasteiger partial charge on any atom is -0.298 e. The molecule has 0 aromatic carbocycles. The van der Waals surface area contributed by atoms with Gasteiger partial charge in [0.15, 0.2) is 0 Å². The molecule has 1 aliphatic rings. The van der Waals surface area contributed by atoms with E-state index in [1.165, 1.54) is 6.42 Å². The lowest BCUT2D eigenvalue weighted by Crippen LogP contribution is -2.44. The van der Waals surface area contributed by atoms with Gasteiger partial charge in [0.1, 0.15) is 6.17 Å². The Bertz CT molecular complexity index is 136.